The van der Waals surface area contributed by atoms with Gasteiger partial charge in [0.15, 0.2) is 0 Å². The number of nitrogens with two attached hydrogens (primary N) is 1. The van der Waals surface area contributed by atoms with Crippen molar-refractivity contribution in [2.75, 3.05) is 0 Å². The fourth-order valence-electron chi connectivity index (χ4n) is 1.83. The number of rotatable bonds is 2. The lowest BCUT2D eigenvalue weighted by Gasteiger charge is -2.36. The van der Waals surface area contributed by atoms with Crippen LogP contribution >= 0.6 is 11.3 Å². The van der Waals surface area contributed by atoms with Crippen molar-refractivity contribution in [3.8, 4) is 10.6 Å². The van der Waals surface area contributed by atoms with Crippen LogP contribution in [0.3, 0.4) is 0 Å². The first-order valence-corrected chi connectivity index (χ1v) is 5.93. The molecule has 0 saturated heterocycles. The molecule has 2 aromatic heterocycles. The van der Waals surface area contributed by atoms with E-state index in [1.807, 2.05) is 6.07 Å². The molecule has 78 valence electrons. The van der Waals surface area contributed by atoms with E-state index in [2.05, 4.69) is 10.4 Å². The molecule has 0 amide bonds. The summed E-state index contributed by atoms with van der Waals surface area (Å²) >= 11 is 1.63. The molecule has 2 aromatic rings. The molecule has 0 aliphatic heterocycles. The van der Waals surface area contributed by atoms with Gasteiger partial charge in [-0.15, -0.1) is 11.3 Å². The van der Waals surface area contributed by atoms with Crippen LogP contribution in [0.1, 0.15) is 25.0 Å². The van der Waals surface area contributed by atoms with Gasteiger partial charge in [-0.05, 0) is 25.3 Å². The van der Waals surface area contributed by atoms with Crippen LogP contribution in [0.2, 0.25) is 0 Å². The summed E-state index contributed by atoms with van der Waals surface area (Å²) in [5, 5.41) is 3.07. The van der Waals surface area contributed by atoms with Gasteiger partial charge in [-0.25, -0.2) is 4.98 Å². The first kappa shape index (κ1) is 9.12. The van der Waals surface area contributed by atoms with Gasteiger partial charge in [-0.2, -0.15) is 0 Å². The molecule has 1 saturated carbocycles. The molecule has 2 N–H and O–H groups in total. The van der Waals surface area contributed by atoms with E-state index in [9.17, 15) is 0 Å². The third-order valence-electron chi connectivity index (χ3n) is 3.03. The summed E-state index contributed by atoms with van der Waals surface area (Å²) < 4.78 is 5.04. The van der Waals surface area contributed by atoms with Gasteiger partial charge in [0.2, 0.25) is 0 Å². The Morgan fingerprint density at radius 1 is 1.47 bits per heavy atom. The molecule has 4 heteroatoms. The number of hydrogen-bond donors (Lipinski definition) is 1. The van der Waals surface area contributed by atoms with Gasteiger partial charge in [0.1, 0.15) is 11.3 Å². The quantitative estimate of drug-likeness (QED) is 0.846. The molecule has 3 nitrogen and oxygen atoms in total. The van der Waals surface area contributed by atoms with Crippen LogP contribution in [-0.2, 0) is 5.54 Å². The third kappa shape index (κ3) is 1.41. The molecule has 0 aromatic carbocycles. The molecule has 3 rings (SSSR count). The Labute approximate surface area is 91.9 Å². The lowest BCUT2D eigenvalue weighted by atomic mass is 9.76. The lowest BCUT2D eigenvalue weighted by molar-refractivity contribution is 0.247. The van der Waals surface area contributed by atoms with Gasteiger partial charge < -0.3 is 10.2 Å². The number of hydrogen-bond acceptors (Lipinski definition) is 4. The fourth-order valence-corrected chi connectivity index (χ4v) is 2.75. The average Bonchev–Trinajstić information content (AvgIpc) is 2.84. The molecule has 0 atom stereocenters. The van der Waals surface area contributed by atoms with E-state index in [4.69, 9.17) is 10.2 Å². The highest BCUT2D eigenvalue weighted by Crippen LogP contribution is 2.40. The van der Waals surface area contributed by atoms with E-state index >= 15 is 0 Å². The summed E-state index contributed by atoms with van der Waals surface area (Å²) in [7, 11) is 0. The van der Waals surface area contributed by atoms with Crippen molar-refractivity contribution in [3.63, 3.8) is 0 Å². The number of furan rings is 1. The predicted molar refractivity (Wildman–Crippen MR) is 59.5 cm³/mol. The van der Waals surface area contributed by atoms with Crippen molar-refractivity contribution in [1.82, 2.24) is 4.98 Å². The predicted octanol–water partition coefficient (Wildman–Crippen LogP) is 2.74. The minimum absolute atomic E-state index is 0.154. The molecule has 1 aliphatic carbocycles. The number of thiazole rings is 1. The Morgan fingerprint density at radius 2 is 2.33 bits per heavy atom. The smallest absolute Gasteiger partial charge is 0.126 e. The Hall–Kier alpha value is -1.13. The van der Waals surface area contributed by atoms with Crippen molar-refractivity contribution in [2.24, 2.45) is 5.73 Å². The highest BCUT2D eigenvalue weighted by molar-refractivity contribution is 7.13. The van der Waals surface area contributed by atoms with Crippen molar-refractivity contribution < 1.29 is 4.42 Å². The van der Waals surface area contributed by atoms with Crippen LogP contribution in [0.15, 0.2) is 28.4 Å². The molecule has 0 bridgehead atoms. The number of aromatic nitrogens is 1. The molecule has 0 spiro atoms. The average molecular weight is 220 g/mol. The molecule has 0 radical (unpaired) electrons. The van der Waals surface area contributed by atoms with Crippen molar-refractivity contribution in [3.05, 3.63) is 29.7 Å². The zero-order valence-electron chi connectivity index (χ0n) is 8.27. The molecule has 1 aliphatic rings. The maximum Gasteiger partial charge on any atom is 0.126 e. The summed E-state index contributed by atoms with van der Waals surface area (Å²) in [5.74, 6) is 0. The zero-order valence-corrected chi connectivity index (χ0v) is 9.09. The fraction of sp³-hybridized carbons (Fsp3) is 0.364. The highest BCUT2D eigenvalue weighted by atomic mass is 32.1. The molecule has 15 heavy (non-hydrogen) atoms. The van der Waals surface area contributed by atoms with Crippen LogP contribution < -0.4 is 5.73 Å². The van der Waals surface area contributed by atoms with Crippen LogP contribution in [0.25, 0.3) is 10.6 Å². The van der Waals surface area contributed by atoms with Crippen molar-refractivity contribution in [1.29, 1.82) is 0 Å². The summed E-state index contributed by atoms with van der Waals surface area (Å²) in [6.07, 6.45) is 6.71. The monoisotopic (exact) mass is 220 g/mol. The van der Waals surface area contributed by atoms with E-state index in [0.29, 0.717) is 0 Å². The van der Waals surface area contributed by atoms with Crippen molar-refractivity contribution in [2.45, 2.75) is 24.8 Å². The largest absolute Gasteiger partial charge is 0.472 e. The van der Waals surface area contributed by atoms with Crippen LogP contribution in [-0.4, -0.2) is 4.98 Å². The summed E-state index contributed by atoms with van der Waals surface area (Å²) in [5.41, 5.74) is 8.13. The Bertz CT molecular complexity index is 457. The Morgan fingerprint density at radius 3 is 2.93 bits per heavy atom. The maximum absolute atomic E-state index is 6.21. The van der Waals surface area contributed by atoms with E-state index in [1.165, 1.54) is 6.42 Å². The van der Waals surface area contributed by atoms with E-state index in [0.717, 1.165) is 29.1 Å². The van der Waals surface area contributed by atoms with Crippen LogP contribution in [0.4, 0.5) is 0 Å². The second-order valence-electron chi connectivity index (χ2n) is 4.06. The summed E-state index contributed by atoms with van der Waals surface area (Å²) in [6, 6.07) is 1.92. The first-order valence-electron chi connectivity index (χ1n) is 5.05. The molecule has 2 heterocycles. The van der Waals surface area contributed by atoms with Gasteiger partial charge in [0.05, 0.1) is 17.5 Å². The van der Waals surface area contributed by atoms with Gasteiger partial charge in [0, 0.05) is 10.9 Å². The lowest BCUT2D eigenvalue weighted by Crippen LogP contribution is -2.43. The van der Waals surface area contributed by atoms with Crippen molar-refractivity contribution >= 4 is 11.3 Å². The molecule has 0 unspecified atom stereocenters. The number of nitrogens with zero attached hydrogens (tertiary/aromatic N) is 1. The summed E-state index contributed by atoms with van der Waals surface area (Å²) in [4.78, 5) is 4.58. The Kier molecular flexibility index (Phi) is 1.94. The van der Waals surface area contributed by atoms with Gasteiger partial charge in [-0.1, -0.05) is 0 Å². The minimum atomic E-state index is -0.154. The van der Waals surface area contributed by atoms with E-state index in [-0.39, 0.29) is 5.54 Å². The standard InChI is InChI=1S/C11H12N2OS/c12-11(3-1-4-11)9-7-15-10(13-9)8-2-5-14-6-8/h2,5-7H,1,3-4,12H2. The van der Waals surface area contributed by atoms with Gasteiger partial charge in [-0.3, -0.25) is 0 Å². The van der Waals surface area contributed by atoms with Crippen LogP contribution in [0.5, 0.6) is 0 Å². The normalized spacial score (nSPS) is 18.7. The zero-order chi connectivity index (χ0) is 10.3. The molecular weight excluding hydrogens is 208 g/mol. The second kappa shape index (κ2) is 3.18. The van der Waals surface area contributed by atoms with Crippen LogP contribution in [0, 0.1) is 0 Å². The van der Waals surface area contributed by atoms with Gasteiger partial charge >= 0.3 is 0 Å². The van der Waals surface area contributed by atoms with E-state index in [1.54, 1.807) is 23.9 Å². The minimum Gasteiger partial charge on any atom is -0.472 e. The third-order valence-corrected chi connectivity index (χ3v) is 3.92. The summed E-state index contributed by atoms with van der Waals surface area (Å²) in [6.45, 7) is 0. The van der Waals surface area contributed by atoms with Gasteiger partial charge in [0.25, 0.3) is 0 Å². The molecular formula is C11H12N2OS. The topological polar surface area (TPSA) is 52.0 Å². The Balaban J connectivity index is 1.94. The SMILES string of the molecule is NC1(c2csc(-c3ccoc3)n2)CCC1. The maximum atomic E-state index is 6.21. The first-order chi connectivity index (χ1) is 7.28. The second-order valence-corrected chi connectivity index (χ2v) is 4.92. The molecule has 1 fully saturated rings. The van der Waals surface area contributed by atoms with E-state index < -0.39 is 0 Å². The highest BCUT2D eigenvalue weighted by Gasteiger charge is 2.36.